The maximum Gasteiger partial charge on any atom is 0.0704 e. The molecule has 0 aromatic carbocycles. The molecule has 14 heavy (non-hydrogen) atoms. The molecule has 0 amide bonds. The van der Waals surface area contributed by atoms with Crippen molar-refractivity contribution in [3.63, 3.8) is 0 Å². The minimum atomic E-state index is 0.681. The zero-order valence-corrected chi connectivity index (χ0v) is 9.42. The first-order chi connectivity index (χ1) is 6.81. The Morgan fingerprint density at radius 3 is 2.57 bits per heavy atom. The number of hydrogen-bond donors (Lipinski definition) is 0. The van der Waals surface area contributed by atoms with Crippen molar-refractivity contribution in [2.24, 2.45) is 0 Å². The summed E-state index contributed by atoms with van der Waals surface area (Å²) in [6.45, 7) is 10.6. The summed E-state index contributed by atoms with van der Waals surface area (Å²) in [7, 11) is 0. The quantitative estimate of drug-likeness (QED) is 0.419. The topological polar surface area (TPSA) is 18.5 Å². The Hall–Kier alpha value is -0.600. The molecule has 0 spiro atoms. The van der Waals surface area contributed by atoms with Crippen molar-refractivity contribution < 1.29 is 9.47 Å². The van der Waals surface area contributed by atoms with Gasteiger partial charge in [-0.05, 0) is 26.7 Å². The fourth-order valence-electron chi connectivity index (χ4n) is 1.00. The van der Waals surface area contributed by atoms with Gasteiger partial charge in [0.2, 0.25) is 0 Å². The molecule has 0 heterocycles. The van der Waals surface area contributed by atoms with E-state index in [1.54, 1.807) is 0 Å². The average Bonchev–Trinajstić information content (AvgIpc) is 2.18. The number of unbranched alkanes of at least 4 members (excludes halogenated alkanes) is 1. The highest BCUT2D eigenvalue weighted by molar-refractivity contribution is 4.98. The molecule has 0 rings (SSSR count). The molecule has 0 saturated carbocycles. The van der Waals surface area contributed by atoms with E-state index < -0.39 is 0 Å². The van der Waals surface area contributed by atoms with E-state index >= 15 is 0 Å². The summed E-state index contributed by atoms with van der Waals surface area (Å²) in [6, 6.07) is 0. The lowest BCUT2D eigenvalue weighted by Crippen LogP contribution is -2.05. The van der Waals surface area contributed by atoms with Crippen LogP contribution in [0.4, 0.5) is 0 Å². The van der Waals surface area contributed by atoms with E-state index in [2.05, 4.69) is 19.6 Å². The van der Waals surface area contributed by atoms with Crippen molar-refractivity contribution in [3.8, 4) is 0 Å². The zero-order chi connectivity index (χ0) is 10.6. The van der Waals surface area contributed by atoms with Crippen LogP contribution in [0.25, 0.3) is 0 Å². The van der Waals surface area contributed by atoms with E-state index in [4.69, 9.17) is 9.47 Å². The van der Waals surface area contributed by atoms with Crippen LogP contribution < -0.4 is 0 Å². The second kappa shape index (κ2) is 10.5. The molecule has 0 bridgehead atoms. The Morgan fingerprint density at radius 2 is 1.93 bits per heavy atom. The van der Waals surface area contributed by atoms with Crippen molar-refractivity contribution in [3.05, 3.63) is 24.3 Å². The number of ether oxygens (including phenoxy) is 2. The van der Waals surface area contributed by atoms with Crippen LogP contribution in [0.15, 0.2) is 24.3 Å². The van der Waals surface area contributed by atoms with E-state index in [1.807, 2.05) is 13.0 Å². The SMILES string of the molecule is C=CCC/C=C(/C)COCCOCC. The van der Waals surface area contributed by atoms with Crippen LogP contribution in [0.5, 0.6) is 0 Å². The van der Waals surface area contributed by atoms with E-state index in [1.165, 1.54) is 5.57 Å². The van der Waals surface area contributed by atoms with Gasteiger partial charge in [0.25, 0.3) is 0 Å². The molecule has 0 saturated heterocycles. The highest BCUT2D eigenvalue weighted by atomic mass is 16.5. The predicted molar refractivity (Wildman–Crippen MR) is 60.5 cm³/mol. The molecule has 0 aliphatic carbocycles. The summed E-state index contributed by atoms with van der Waals surface area (Å²) in [5.74, 6) is 0. The Labute approximate surface area is 87.6 Å². The Bertz CT molecular complexity index is 162. The fraction of sp³-hybridized carbons (Fsp3) is 0.667. The lowest BCUT2D eigenvalue weighted by molar-refractivity contribution is 0.0620. The van der Waals surface area contributed by atoms with Crippen molar-refractivity contribution in [1.82, 2.24) is 0 Å². The van der Waals surface area contributed by atoms with Gasteiger partial charge in [0.1, 0.15) is 0 Å². The highest BCUT2D eigenvalue weighted by Gasteiger charge is 1.90. The number of rotatable bonds is 9. The van der Waals surface area contributed by atoms with Gasteiger partial charge in [-0.25, -0.2) is 0 Å². The van der Waals surface area contributed by atoms with Crippen LogP contribution in [0.3, 0.4) is 0 Å². The smallest absolute Gasteiger partial charge is 0.0704 e. The largest absolute Gasteiger partial charge is 0.379 e. The molecule has 0 N–H and O–H groups in total. The lowest BCUT2D eigenvalue weighted by Gasteiger charge is -2.04. The van der Waals surface area contributed by atoms with Crippen molar-refractivity contribution in [2.45, 2.75) is 26.7 Å². The van der Waals surface area contributed by atoms with Gasteiger partial charge in [0.05, 0.1) is 19.8 Å². The fourth-order valence-corrected chi connectivity index (χ4v) is 1.00. The van der Waals surface area contributed by atoms with Crippen LogP contribution >= 0.6 is 0 Å². The first-order valence-corrected chi connectivity index (χ1v) is 5.23. The highest BCUT2D eigenvalue weighted by Crippen LogP contribution is 1.99. The Morgan fingerprint density at radius 1 is 1.21 bits per heavy atom. The van der Waals surface area contributed by atoms with Gasteiger partial charge in [-0.1, -0.05) is 17.7 Å². The molecular weight excluding hydrogens is 176 g/mol. The lowest BCUT2D eigenvalue weighted by atomic mass is 10.2. The van der Waals surface area contributed by atoms with Crippen molar-refractivity contribution >= 4 is 0 Å². The normalized spacial score (nSPS) is 11.7. The summed E-state index contributed by atoms with van der Waals surface area (Å²) in [5, 5.41) is 0. The molecule has 0 atom stereocenters. The molecule has 0 radical (unpaired) electrons. The van der Waals surface area contributed by atoms with Gasteiger partial charge in [-0.2, -0.15) is 0 Å². The maximum atomic E-state index is 5.41. The molecule has 0 fully saturated rings. The summed E-state index contributed by atoms with van der Waals surface area (Å²) in [5.41, 5.74) is 1.28. The second-order valence-corrected chi connectivity index (χ2v) is 3.17. The number of hydrogen-bond acceptors (Lipinski definition) is 2. The van der Waals surface area contributed by atoms with Crippen LogP contribution in [-0.2, 0) is 9.47 Å². The Kier molecular flexibility index (Phi) is 10.0. The zero-order valence-electron chi connectivity index (χ0n) is 9.42. The maximum absolute atomic E-state index is 5.41. The molecule has 82 valence electrons. The summed E-state index contributed by atoms with van der Waals surface area (Å²) >= 11 is 0. The molecule has 0 aromatic heterocycles. The summed E-state index contributed by atoms with van der Waals surface area (Å²) in [6.07, 6.45) is 6.22. The predicted octanol–water partition coefficient (Wildman–Crippen LogP) is 2.95. The Balaban J connectivity index is 3.29. The van der Waals surface area contributed by atoms with Crippen LogP contribution in [0.1, 0.15) is 26.7 Å². The number of allylic oxidation sites excluding steroid dienone is 2. The first-order valence-electron chi connectivity index (χ1n) is 5.23. The van der Waals surface area contributed by atoms with Crippen LogP contribution in [0.2, 0.25) is 0 Å². The van der Waals surface area contributed by atoms with Crippen LogP contribution in [0, 0.1) is 0 Å². The van der Waals surface area contributed by atoms with Gasteiger partial charge in [-0.3, -0.25) is 0 Å². The van der Waals surface area contributed by atoms with Gasteiger partial charge in [0, 0.05) is 6.61 Å². The van der Waals surface area contributed by atoms with Gasteiger partial charge in [0.15, 0.2) is 0 Å². The van der Waals surface area contributed by atoms with E-state index in [-0.39, 0.29) is 0 Å². The van der Waals surface area contributed by atoms with Gasteiger partial charge >= 0.3 is 0 Å². The first kappa shape index (κ1) is 13.4. The van der Waals surface area contributed by atoms with E-state index in [0.29, 0.717) is 19.8 Å². The third-order valence-corrected chi connectivity index (χ3v) is 1.77. The van der Waals surface area contributed by atoms with Crippen LogP contribution in [-0.4, -0.2) is 26.4 Å². The van der Waals surface area contributed by atoms with E-state index in [9.17, 15) is 0 Å². The molecule has 2 nitrogen and oxygen atoms in total. The molecule has 0 aromatic rings. The molecule has 2 heteroatoms. The average molecular weight is 198 g/mol. The third kappa shape index (κ3) is 9.49. The molecule has 0 aliphatic heterocycles. The van der Waals surface area contributed by atoms with Gasteiger partial charge in [-0.15, -0.1) is 6.58 Å². The standard InChI is InChI=1S/C12H22O2/c1-4-6-7-8-12(3)11-14-10-9-13-5-2/h4,8H,1,5-7,9-11H2,2-3H3/b12-8-. The minimum absolute atomic E-state index is 0.681. The van der Waals surface area contributed by atoms with Crippen molar-refractivity contribution in [1.29, 1.82) is 0 Å². The second-order valence-electron chi connectivity index (χ2n) is 3.17. The minimum Gasteiger partial charge on any atom is -0.379 e. The monoisotopic (exact) mass is 198 g/mol. The summed E-state index contributed by atoms with van der Waals surface area (Å²) < 4.78 is 10.6. The molecule has 0 aliphatic rings. The third-order valence-electron chi connectivity index (χ3n) is 1.77. The summed E-state index contributed by atoms with van der Waals surface area (Å²) in [4.78, 5) is 0. The molecular formula is C12H22O2. The van der Waals surface area contributed by atoms with Crippen molar-refractivity contribution in [2.75, 3.05) is 26.4 Å². The van der Waals surface area contributed by atoms with E-state index in [0.717, 1.165) is 19.4 Å². The van der Waals surface area contributed by atoms with Gasteiger partial charge < -0.3 is 9.47 Å². The molecule has 0 unspecified atom stereocenters.